The van der Waals surface area contributed by atoms with E-state index in [-0.39, 0.29) is 6.42 Å². The number of carbonyl (C=O) groups is 2. The van der Waals surface area contributed by atoms with Gasteiger partial charge in [0.25, 0.3) is 5.91 Å². The molecule has 5 N–H and O–H groups in total. The summed E-state index contributed by atoms with van der Waals surface area (Å²) in [4.78, 5) is 24.9. The van der Waals surface area contributed by atoms with Gasteiger partial charge >= 0.3 is 0 Å². The Kier molecular flexibility index (Phi) is 5.53. The summed E-state index contributed by atoms with van der Waals surface area (Å²) in [5.74, 6) is -0.844. The Balaban J connectivity index is 1.60. The third-order valence-corrected chi connectivity index (χ3v) is 5.78. The highest BCUT2D eigenvalue weighted by Gasteiger charge is 2.49. The van der Waals surface area contributed by atoms with E-state index in [2.05, 4.69) is 15.7 Å². The number of carbonyl (C=O) groups excluding carboxylic acids is 2. The zero-order valence-corrected chi connectivity index (χ0v) is 15.6. The maximum Gasteiger partial charge on any atom is 0.256 e. The number of rotatable bonds is 7. The number of hydrogen-bond donors (Lipinski definition) is 4. The van der Waals surface area contributed by atoms with Crippen LogP contribution in [0.3, 0.4) is 0 Å². The average molecular weight is 381 g/mol. The first-order chi connectivity index (χ1) is 12.7. The highest BCUT2D eigenvalue weighted by atomic mass is 19.1. The van der Waals surface area contributed by atoms with Crippen LogP contribution in [-0.2, 0) is 16.6 Å². The summed E-state index contributed by atoms with van der Waals surface area (Å²) in [6.07, 6.45) is 4.35. The van der Waals surface area contributed by atoms with E-state index >= 15 is 0 Å². The highest BCUT2D eigenvalue weighted by Crippen LogP contribution is 2.38. The molecule has 2 amide bonds. The molecule has 0 radical (unpaired) electrons. The van der Waals surface area contributed by atoms with Crippen LogP contribution in [0.25, 0.3) is 0 Å². The molecule has 150 valence electrons. The topological polar surface area (TPSA) is 122 Å². The second-order valence-electron chi connectivity index (χ2n) is 7.93. The summed E-state index contributed by atoms with van der Waals surface area (Å²) in [5.41, 5.74) is 3.47. The first-order valence-corrected chi connectivity index (χ1v) is 9.48. The van der Waals surface area contributed by atoms with Crippen molar-refractivity contribution in [3.63, 3.8) is 0 Å². The van der Waals surface area contributed by atoms with Crippen molar-refractivity contribution in [3.05, 3.63) is 12.3 Å². The fourth-order valence-electron chi connectivity index (χ4n) is 3.99. The van der Waals surface area contributed by atoms with Crippen molar-refractivity contribution in [3.8, 4) is 0 Å². The van der Waals surface area contributed by atoms with Gasteiger partial charge in [0, 0.05) is 25.7 Å². The van der Waals surface area contributed by atoms with Gasteiger partial charge in [-0.25, -0.2) is 4.39 Å². The molecule has 2 fully saturated rings. The van der Waals surface area contributed by atoms with Crippen LogP contribution in [0, 0.1) is 0 Å². The molecule has 2 saturated carbocycles. The molecular weight excluding hydrogens is 353 g/mol. The molecule has 2 aliphatic rings. The standard InChI is InChI=1S/C18H28FN5O3/c1-24-10-5-13(23-24)21-16(27)14(25)18(8-4-9-18)22-15(26)12(20)11-17(19)6-2-3-7-17/h5,10,12,14,25H,2-4,6-9,11,20H2,1H3,(H,22,26)(H,21,23,27). The molecule has 0 aromatic carbocycles. The molecule has 3 rings (SSSR count). The number of aromatic nitrogens is 2. The van der Waals surface area contributed by atoms with Crippen molar-refractivity contribution < 1.29 is 19.1 Å². The predicted molar refractivity (Wildman–Crippen MR) is 97.5 cm³/mol. The Hall–Kier alpha value is -2.00. The van der Waals surface area contributed by atoms with E-state index in [4.69, 9.17) is 5.73 Å². The fraction of sp³-hybridized carbons (Fsp3) is 0.722. The number of nitrogens with zero attached hydrogens (tertiary/aromatic N) is 2. The summed E-state index contributed by atoms with van der Waals surface area (Å²) < 4.78 is 16.1. The van der Waals surface area contributed by atoms with Crippen LogP contribution in [0.1, 0.15) is 51.4 Å². The van der Waals surface area contributed by atoms with E-state index in [0.717, 1.165) is 19.3 Å². The van der Waals surface area contributed by atoms with Crippen LogP contribution in [0.15, 0.2) is 12.3 Å². The first kappa shape index (κ1) is 19.8. The van der Waals surface area contributed by atoms with Gasteiger partial charge in [0.05, 0.1) is 11.6 Å². The minimum Gasteiger partial charge on any atom is -0.381 e. The Morgan fingerprint density at radius 1 is 1.30 bits per heavy atom. The fourth-order valence-corrected chi connectivity index (χ4v) is 3.99. The van der Waals surface area contributed by atoms with Crippen molar-refractivity contribution in [2.45, 2.75) is 74.7 Å². The van der Waals surface area contributed by atoms with Crippen LogP contribution in [-0.4, -0.2) is 50.1 Å². The number of amides is 2. The SMILES string of the molecule is Cn1ccc(NC(=O)C(O)C2(NC(=O)C(N)CC3(F)CCCC3)CCC2)n1. The van der Waals surface area contributed by atoms with Crippen LogP contribution >= 0.6 is 0 Å². The van der Waals surface area contributed by atoms with Gasteiger partial charge in [-0.15, -0.1) is 0 Å². The van der Waals surface area contributed by atoms with Crippen molar-refractivity contribution in [2.24, 2.45) is 12.8 Å². The highest BCUT2D eigenvalue weighted by molar-refractivity contribution is 5.95. The first-order valence-electron chi connectivity index (χ1n) is 9.48. The van der Waals surface area contributed by atoms with Crippen molar-refractivity contribution in [1.29, 1.82) is 0 Å². The molecule has 8 nitrogen and oxygen atoms in total. The van der Waals surface area contributed by atoms with Gasteiger partial charge in [0.1, 0.15) is 5.67 Å². The number of aliphatic hydroxyl groups excluding tert-OH is 1. The number of aliphatic hydroxyl groups is 1. The molecule has 1 aromatic heterocycles. The second-order valence-corrected chi connectivity index (χ2v) is 7.93. The number of halogens is 1. The maximum atomic E-state index is 14.6. The van der Waals surface area contributed by atoms with Gasteiger partial charge in [-0.05, 0) is 32.1 Å². The lowest BCUT2D eigenvalue weighted by atomic mass is 9.72. The lowest BCUT2D eigenvalue weighted by molar-refractivity contribution is -0.137. The number of nitrogens with one attached hydrogen (secondary N) is 2. The molecule has 0 spiro atoms. The molecule has 2 aliphatic carbocycles. The van der Waals surface area contributed by atoms with Gasteiger partial charge in [-0.1, -0.05) is 12.8 Å². The molecule has 1 aromatic rings. The van der Waals surface area contributed by atoms with Gasteiger partial charge in [-0.2, -0.15) is 5.10 Å². The third-order valence-electron chi connectivity index (χ3n) is 5.78. The van der Waals surface area contributed by atoms with Crippen LogP contribution in [0.2, 0.25) is 0 Å². The Bertz CT molecular complexity index is 697. The normalized spacial score (nSPS) is 22.5. The predicted octanol–water partition coefficient (Wildman–Crippen LogP) is 0.758. The summed E-state index contributed by atoms with van der Waals surface area (Å²) in [6, 6.07) is 0.603. The van der Waals surface area contributed by atoms with E-state index in [1.54, 1.807) is 19.3 Å². The van der Waals surface area contributed by atoms with Crippen LogP contribution < -0.4 is 16.4 Å². The minimum atomic E-state index is -1.43. The number of alkyl halides is 1. The summed E-state index contributed by atoms with van der Waals surface area (Å²) in [7, 11) is 1.71. The van der Waals surface area contributed by atoms with Gasteiger partial charge in [0.15, 0.2) is 11.9 Å². The Labute approximate surface area is 157 Å². The number of anilines is 1. The monoisotopic (exact) mass is 381 g/mol. The third kappa shape index (κ3) is 4.30. The molecule has 27 heavy (non-hydrogen) atoms. The Morgan fingerprint density at radius 3 is 2.48 bits per heavy atom. The van der Waals surface area contributed by atoms with Crippen LogP contribution in [0.5, 0.6) is 0 Å². The van der Waals surface area contributed by atoms with E-state index in [0.29, 0.717) is 31.5 Å². The molecule has 0 bridgehead atoms. The van der Waals surface area contributed by atoms with E-state index < -0.39 is 35.2 Å². The zero-order chi connectivity index (χ0) is 19.7. The van der Waals surface area contributed by atoms with E-state index in [1.807, 2.05) is 0 Å². The molecule has 2 atom stereocenters. The zero-order valence-electron chi connectivity index (χ0n) is 15.6. The van der Waals surface area contributed by atoms with E-state index in [9.17, 15) is 19.1 Å². The summed E-state index contributed by atoms with van der Waals surface area (Å²) in [6.45, 7) is 0. The van der Waals surface area contributed by atoms with Crippen molar-refractivity contribution in [2.75, 3.05) is 5.32 Å². The average Bonchev–Trinajstić information content (AvgIpc) is 3.18. The summed E-state index contributed by atoms with van der Waals surface area (Å²) >= 11 is 0. The van der Waals surface area contributed by atoms with Gasteiger partial charge in [-0.3, -0.25) is 14.3 Å². The lowest BCUT2D eigenvalue weighted by Gasteiger charge is -2.45. The number of aryl methyl sites for hydroxylation is 1. The van der Waals surface area contributed by atoms with Crippen molar-refractivity contribution >= 4 is 17.6 Å². The van der Waals surface area contributed by atoms with E-state index in [1.165, 1.54) is 4.68 Å². The number of hydrogen-bond acceptors (Lipinski definition) is 5. The maximum absolute atomic E-state index is 14.6. The molecule has 0 aliphatic heterocycles. The quantitative estimate of drug-likeness (QED) is 0.555. The summed E-state index contributed by atoms with van der Waals surface area (Å²) in [5, 5.41) is 19.8. The minimum absolute atomic E-state index is 0.0366. The molecule has 9 heteroatoms. The Morgan fingerprint density at radius 2 is 1.96 bits per heavy atom. The van der Waals surface area contributed by atoms with Gasteiger partial charge < -0.3 is 21.5 Å². The molecule has 2 unspecified atom stereocenters. The smallest absolute Gasteiger partial charge is 0.256 e. The largest absolute Gasteiger partial charge is 0.381 e. The van der Waals surface area contributed by atoms with Gasteiger partial charge in [0.2, 0.25) is 5.91 Å². The number of nitrogens with two attached hydrogens (primary N) is 1. The lowest BCUT2D eigenvalue weighted by Crippen LogP contribution is -2.66. The second kappa shape index (κ2) is 7.55. The molecule has 0 saturated heterocycles. The van der Waals surface area contributed by atoms with Crippen LogP contribution in [0.4, 0.5) is 10.2 Å². The van der Waals surface area contributed by atoms with Crippen molar-refractivity contribution in [1.82, 2.24) is 15.1 Å². The molecule has 1 heterocycles. The molecular formula is C18H28FN5O3.